The van der Waals surface area contributed by atoms with E-state index < -0.39 is 33.5 Å². The van der Waals surface area contributed by atoms with E-state index in [4.69, 9.17) is 0 Å². The molecule has 1 fully saturated rings. The van der Waals surface area contributed by atoms with Gasteiger partial charge in [-0.15, -0.1) is 0 Å². The van der Waals surface area contributed by atoms with Crippen LogP contribution in [0, 0.1) is 5.92 Å². The summed E-state index contributed by atoms with van der Waals surface area (Å²) in [5, 5.41) is 0. The minimum Gasteiger partial charge on any atom is -0.257 e. The first kappa shape index (κ1) is 15.9. The Morgan fingerprint density at radius 3 is 2.39 bits per heavy atom. The Balaban J connectivity index is 1.79. The highest BCUT2D eigenvalue weighted by molar-refractivity contribution is 7.92. The molecule has 7 heteroatoms. The second-order valence-electron chi connectivity index (χ2n) is 5.60. The Labute approximate surface area is 133 Å². The predicted octanol–water partition coefficient (Wildman–Crippen LogP) is 2.90. The largest absolute Gasteiger partial charge is 0.260 e. The van der Waals surface area contributed by atoms with Crippen molar-refractivity contribution in [1.29, 1.82) is 0 Å². The molecule has 1 heterocycles. The van der Waals surface area contributed by atoms with Gasteiger partial charge in [-0.05, 0) is 17.7 Å². The van der Waals surface area contributed by atoms with Crippen molar-refractivity contribution in [3.05, 3.63) is 60.3 Å². The minimum absolute atomic E-state index is 0.215. The number of nitrogens with zero attached hydrogens (tertiary/aromatic N) is 2. The summed E-state index contributed by atoms with van der Waals surface area (Å²) in [7, 11) is -2.54. The molecule has 23 heavy (non-hydrogen) atoms. The lowest BCUT2D eigenvalue weighted by atomic mass is 10.1. The number of anilines is 1. The standard InChI is InChI=1S/C16H16F2N2O2S/c1-20(14-9-5-6-10-19-14)23(21,22)11-13-15(16(13,17)18)12-7-3-2-4-8-12/h2-10,13,15H,11H2,1H3/t13-,15-/m1/s1. The topological polar surface area (TPSA) is 50.3 Å². The van der Waals surface area contributed by atoms with Gasteiger partial charge in [-0.2, -0.15) is 0 Å². The van der Waals surface area contributed by atoms with Gasteiger partial charge in [-0.3, -0.25) is 4.31 Å². The minimum atomic E-state index is -3.87. The molecule has 0 amide bonds. The average molecular weight is 338 g/mol. The molecule has 0 spiro atoms. The van der Waals surface area contributed by atoms with Gasteiger partial charge in [0.1, 0.15) is 5.82 Å². The molecule has 0 unspecified atom stereocenters. The number of hydrogen-bond donors (Lipinski definition) is 0. The fraction of sp³-hybridized carbons (Fsp3) is 0.312. The van der Waals surface area contributed by atoms with Gasteiger partial charge in [0.2, 0.25) is 10.0 Å². The van der Waals surface area contributed by atoms with Crippen molar-refractivity contribution < 1.29 is 17.2 Å². The molecule has 2 atom stereocenters. The van der Waals surface area contributed by atoms with Gasteiger partial charge in [-0.25, -0.2) is 22.2 Å². The van der Waals surface area contributed by atoms with E-state index in [1.54, 1.807) is 42.5 Å². The summed E-state index contributed by atoms with van der Waals surface area (Å²) in [5.74, 6) is -5.64. The SMILES string of the molecule is CN(c1ccccn1)S(=O)(=O)C[C@@H]1[C@@H](c2ccccc2)C1(F)F. The first-order valence-corrected chi connectivity index (χ1v) is 8.75. The van der Waals surface area contributed by atoms with E-state index in [0.717, 1.165) is 4.31 Å². The van der Waals surface area contributed by atoms with Crippen LogP contribution < -0.4 is 4.31 Å². The summed E-state index contributed by atoms with van der Waals surface area (Å²) in [6.07, 6.45) is 1.46. The number of benzene rings is 1. The quantitative estimate of drug-likeness (QED) is 0.842. The highest BCUT2D eigenvalue weighted by atomic mass is 32.2. The molecule has 0 N–H and O–H groups in total. The van der Waals surface area contributed by atoms with Crippen LogP contribution in [0.4, 0.5) is 14.6 Å². The highest BCUT2D eigenvalue weighted by Crippen LogP contribution is 2.62. The molecule has 3 rings (SSSR count). The Morgan fingerprint density at radius 1 is 1.13 bits per heavy atom. The molecule has 0 radical (unpaired) electrons. The molecule has 0 bridgehead atoms. The third-order valence-corrected chi connectivity index (χ3v) is 5.94. The van der Waals surface area contributed by atoms with Crippen molar-refractivity contribution >= 4 is 15.8 Å². The zero-order chi connectivity index (χ0) is 16.7. The van der Waals surface area contributed by atoms with Crippen molar-refractivity contribution in [2.24, 2.45) is 5.92 Å². The molecule has 1 aliphatic rings. The van der Waals surface area contributed by atoms with Crippen LogP contribution in [0.25, 0.3) is 0 Å². The van der Waals surface area contributed by atoms with E-state index in [1.807, 2.05) is 0 Å². The van der Waals surface area contributed by atoms with Gasteiger partial charge in [-0.1, -0.05) is 36.4 Å². The van der Waals surface area contributed by atoms with E-state index in [-0.39, 0.29) is 5.82 Å². The maximum Gasteiger partial charge on any atom is 0.260 e. The third kappa shape index (κ3) is 2.93. The summed E-state index contributed by atoms with van der Waals surface area (Å²) in [6, 6.07) is 13.1. The molecule has 1 aromatic carbocycles. The van der Waals surface area contributed by atoms with Gasteiger partial charge >= 0.3 is 0 Å². The van der Waals surface area contributed by atoms with Crippen LogP contribution in [0.1, 0.15) is 11.5 Å². The lowest BCUT2D eigenvalue weighted by molar-refractivity contribution is 0.0968. The molecule has 4 nitrogen and oxygen atoms in total. The Kier molecular flexibility index (Phi) is 3.83. The van der Waals surface area contributed by atoms with E-state index in [1.165, 1.54) is 19.3 Å². The van der Waals surface area contributed by atoms with Crippen molar-refractivity contribution in [3.8, 4) is 0 Å². The smallest absolute Gasteiger partial charge is 0.257 e. The van der Waals surface area contributed by atoms with Gasteiger partial charge < -0.3 is 0 Å². The van der Waals surface area contributed by atoms with E-state index >= 15 is 0 Å². The van der Waals surface area contributed by atoms with Crippen molar-refractivity contribution in [1.82, 2.24) is 4.98 Å². The Hall–Kier alpha value is -2.02. The maximum atomic E-state index is 14.0. The van der Waals surface area contributed by atoms with E-state index in [9.17, 15) is 17.2 Å². The second-order valence-corrected chi connectivity index (χ2v) is 7.65. The van der Waals surface area contributed by atoms with Crippen molar-refractivity contribution in [2.75, 3.05) is 17.1 Å². The van der Waals surface area contributed by atoms with Gasteiger partial charge in [0.25, 0.3) is 5.92 Å². The normalized spacial score (nSPS) is 22.6. The fourth-order valence-corrected chi connectivity index (χ4v) is 4.22. The van der Waals surface area contributed by atoms with Gasteiger partial charge in [0.05, 0.1) is 17.6 Å². The molecular weight excluding hydrogens is 322 g/mol. The van der Waals surface area contributed by atoms with Gasteiger partial charge in [0.15, 0.2) is 0 Å². The first-order chi connectivity index (χ1) is 10.8. The summed E-state index contributed by atoms with van der Waals surface area (Å²) in [6.45, 7) is 0. The highest BCUT2D eigenvalue weighted by Gasteiger charge is 2.69. The van der Waals surface area contributed by atoms with Crippen LogP contribution >= 0.6 is 0 Å². The van der Waals surface area contributed by atoms with Crippen LogP contribution in [-0.4, -0.2) is 32.1 Å². The number of halogens is 2. The molecule has 0 saturated heterocycles. The Bertz CT molecular complexity index is 782. The molecule has 1 saturated carbocycles. The van der Waals surface area contributed by atoms with Crippen LogP contribution in [-0.2, 0) is 10.0 Å². The van der Waals surface area contributed by atoms with E-state index in [2.05, 4.69) is 4.98 Å². The molecular formula is C16H16F2N2O2S. The summed E-state index contributed by atoms with van der Waals surface area (Å²) < 4.78 is 53.8. The van der Waals surface area contributed by atoms with Crippen molar-refractivity contribution in [2.45, 2.75) is 11.8 Å². The van der Waals surface area contributed by atoms with Crippen LogP contribution in [0.3, 0.4) is 0 Å². The third-order valence-electron chi connectivity index (χ3n) is 4.14. The Morgan fingerprint density at radius 2 is 1.78 bits per heavy atom. The number of pyridine rings is 1. The number of rotatable bonds is 5. The molecule has 0 aliphatic heterocycles. The average Bonchev–Trinajstić information content (AvgIpc) is 3.08. The fourth-order valence-electron chi connectivity index (χ4n) is 2.73. The number of aromatic nitrogens is 1. The zero-order valence-corrected chi connectivity index (χ0v) is 13.2. The number of alkyl halides is 2. The number of hydrogen-bond acceptors (Lipinski definition) is 3. The summed E-state index contributed by atoms with van der Waals surface area (Å²) >= 11 is 0. The van der Waals surface area contributed by atoms with Crippen molar-refractivity contribution in [3.63, 3.8) is 0 Å². The van der Waals surface area contributed by atoms with E-state index in [0.29, 0.717) is 5.56 Å². The van der Waals surface area contributed by atoms with Crippen LogP contribution in [0.15, 0.2) is 54.7 Å². The second kappa shape index (κ2) is 5.56. The molecule has 122 valence electrons. The molecule has 2 aromatic rings. The summed E-state index contributed by atoms with van der Waals surface area (Å²) in [5.41, 5.74) is 0.471. The lowest BCUT2D eigenvalue weighted by Crippen LogP contribution is -2.31. The van der Waals surface area contributed by atoms with Crippen LogP contribution in [0.2, 0.25) is 0 Å². The predicted molar refractivity (Wildman–Crippen MR) is 84.0 cm³/mol. The van der Waals surface area contributed by atoms with Crippen LogP contribution in [0.5, 0.6) is 0 Å². The van der Waals surface area contributed by atoms with Gasteiger partial charge in [0, 0.05) is 13.2 Å². The first-order valence-electron chi connectivity index (χ1n) is 7.14. The molecule has 1 aliphatic carbocycles. The lowest BCUT2D eigenvalue weighted by Gasteiger charge is -2.18. The summed E-state index contributed by atoms with van der Waals surface area (Å²) in [4.78, 5) is 3.95. The number of sulfonamides is 1. The molecule has 1 aromatic heterocycles. The maximum absolute atomic E-state index is 14.0. The monoisotopic (exact) mass is 338 g/mol. The zero-order valence-electron chi connectivity index (χ0n) is 12.4.